The largest absolute Gasteiger partial charge is 0.481 e. The number of carboxylic acid groups (broad SMARTS) is 1. The van der Waals surface area contributed by atoms with E-state index in [-0.39, 0.29) is 12.3 Å². The van der Waals surface area contributed by atoms with Crippen LogP contribution in [0.4, 0.5) is 0 Å². The maximum Gasteiger partial charge on any atom is 0.304 e. The highest BCUT2D eigenvalue weighted by atomic mass is 16.5. The van der Waals surface area contributed by atoms with Crippen LogP contribution >= 0.6 is 0 Å². The Hall–Kier alpha value is -1.62. The molecule has 0 bridgehead atoms. The molecular weight excluding hydrogens is 208 g/mol. The molecule has 0 saturated heterocycles. The molecule has 0 fully saturated rings. The minimum absolute atomic E-state index is 0.0178. The smallest absolute Gasteiger partial charge is 0.304 e. The fourth-order valence-electron chi connectivity index (χ4n) is 1.57. The van der Waals surface area contributed by atoms with Crippen molar-refractivity contribution in [3.8, 4) is 5.88 Å². The molecule has 88 valence electrons. The monoisotopic (exact) mass is 224 g/mol. The second-order valence-electron chi connectivity index (χ2n) is 3.63. The van der Waals surface area contributed by atoms with Gasteiger partial charge in [-0.2, -0.15) is 0 Å². The van der Waals surface area contributed by atoms with Crippen molar-refractivity contribution in [2.45, 2.75) is 19.3 Å². The second kappa shape index (κ2) is 5.46. The van der Waals surface area contributed by atoms with Gasteiger partial charge in [0.1, 0.15) is 0 Å². The lowest BCUT2D eigenvalue weighted by Gasteiger charge is -2.13. The van der Waals surface area contributed by atoms with Crippen LogP contribution in [0.5, 0.6) is 5.88 Å². The minimum atomic E-state index is -0.857. The summed E-state index contributed by atoms with van der Waals surface area (Å²) in [6.45, 7) is 2.16. The minimum Gasteiger partial charge on any atom is -0.481 e. The second-order valence-corrected chi connectivity index (χ2v) is 3.63. The van der Waals surface area contributed by atoms with Crippen LogP contribution < -0.4 is 10.5 Å². The van der Waals surface area contributed by atoms with Crippen LogP contribution in [0.2, 0.25) is 0 Å². The molecular formula is C11H16N2O3. The molecule has 0 radical (unpaired) electrons. The van der Waals surface area contributed by atoms with Crippen LogP contribution in [0.15, 0.2) is 12.3 Å². The molecule has 1 aromatic rings. The average molecular weight is 224 g/mol. The molecule has 0 saturated carbocycles. The zero-order valence-electron chi connectivity index (χ0n) is 9.43. The van der Waals surface area contributed by atoms with Crippen LogP contribution in [0, 0.1) is 6.92 Å². The molecule has 0 spiro atoms. The van der Waals surface area contributed by atoms with Gasteiger partial charge in [-0.05, 0) is 25.1 Å². The third-order valence-corrected chi connectivity index (χ3v) is 2.42. The van der Waals surface area contributed by atoms with Gasteiger partial charge in [0.05, 0.1) is 13.5 Å². The van der Waals surface area contributed by atoms with E-state index in [1.54, 1.807) is 13.3 Å². The van der Waals surface area contributed by atoms with Gasteiger partial charge in [-0.25, -0.2) is 4.98 Å². The number of ether oxygens (including phenoxy) is 1. The number of carbonyl (C=O) groups is 1. The summed E-state index contributed by atoms with van der Waals surface area (Å²) < 4.78 is 5.04. The summed E-state index contributed by atoms with van der Waals surface area (Å²) in [6, 6.07) is 1.87. The van der Waals surface area contributed by atoms with E-state index < -0.39 is 5.97 Å². The van der Waals surface area contributed by atoms with Crippen molar-refractivity contribution >= 4 is 5.97 Å². The van der Waals surface area contributed by atoms with E-state index in [2.05, 4.69) is 4.98 Å². The van der Waals surface area contributed by atoms with Crippen LogP contribution in [-0.2, 0) is 4.79 Å². The third-order valence-electron chi connectivity index (χ3n) is 2.42. The van der Waals surface area contributed by atoms with Crippen molar-refractivity contribution in [1.29, 1.82) is 0 Å². The van der Waals surface area contributed by atoms with Gasteiger partial charge in [0.2, 0.25) is 5.88 Å². The zero-order chi connectivity index (χ0) is 12.1. The molecule has 1 heterocycles. The summed E-state index contributed by atoms with van der Waals surface area (Å²) >= 11 is 0. The van der Waals surface area contributed by atoms with Crippen molar-refractivity contribution in [3.05, 3.63) is 23.4 Å². The lowest BCUT2D eigenvalue weighted by Crippen LogP contribution is -2.16. The maximum atomic E-state index is 10.6. The number of aliphatic carboxylic acids is 1. The first-order valence-electron chi connectivity index (χ1n) is 5.00. The molecule has 1 unspecified atom stereocenters. The third kappa shape index (κ3) is 2.93. The summed E-state index contributed by atoms with van der Waals surface area (Å²) in [7, 11) is 1.55. The number of aryl methyl sites for hydroxylation is 1. The van der Waals surface area contributed by atoms with Gasteiger partial charge in [-0.1, -0.05) is 0 Å². The number of aromatic nitrogens is 1. The lowest BCUT2D eigenvalue weighted by atomic mass is 9.96. The first-order chi connectivity index (χ1) is 7.58. The number of methoxy groups -OCH3 is 1. The zero-order valence-corrected chi connectivity index (χ0v) is 9.43. The Morgan fingerprint density at radius 1 is 1.69 bits per heavy atom. The summed E-state index contributed by atoms with van der Waals surface area (Å²) in [6.07, 6.45) is 1.64. The van der Waals surface area contributed by atoms with E-state index in [0.29, 0.717) is 12.4 Å². The highest BCUT2D eigenvalue weighted by Gasteiger charge is 2.15. The van der Waals surface area contributed by atoms with E-state index >= 15 is 0 Å². The number of pyridine rings is 1. The van der Waals surface area contributed by atoms with E-state index in [1.165, 1.54) is 0 Å². The molecule has 0 aliphatic rings. The molecule has 0 amide bonds. The summed E-state index contributed by atoms with van der Waals surface area (Å²) in [4.78, 5) is 14.8. The van der Waals surface area contributed by atoms with E-state index in [0.717, 1.165) is 11.1 Å². The van der Waals surface area contributed by atoms with Gasteiger partial charge >= 0.3 is 5.97 Å². The molecule has 0 aliphatic carbocycles. The quantitative estimate of drug-likeness (QED) is 0.776. The van der Waals surface area contributed by atoms with Crippen molar-refractivity contribution in [2.75, 3.05) is 13.7 Å². The summed E-state index contributed by atoms with van der Waals surface area (Å²) in [5, 5.41) is 8.75. The van der Waals surface area contributed by atoms with Crippen molar-refractivity contribution in [1.82, 2.24) is 4.98 Å². The van der Waals surface area contributed by atoms with Gasteiger partial charge in [0, 0.05) is 17.7 Å². The lowest BCUT2D eigenvalue weighted by molar-refractivity contribution is -0.137. The average Bonchev–Trinajstić information content (AvgIpc) is 2.25. The number of rotatable bonds is 5. The Labute approximate surface area is 94.2 Å². The SMILES string of the molecule is COc1ncc(C(CN)CC(=O)O)cc1C. The standard InChI is InChI=1S/C11H16N2O3/c1-7-3-9(6-13-11(7)16-2)8(5-12)4-10(14)15/h3,6,8H,4-5,12H2,1-2H3,(H,14,15). The van der Waals surface area contributed by atoms with Crippen LogP contribution in [-0.4, -0.2) is 29.7 Å². The molecule has 1 rings (SSSR count). The Balaban J connectivity index is 2.93. The Morgan fingerprint density at radius 3 is 2.81 bits per heavy atom. The van der Waals surface area contributed by atoms with Crippen molar-refractivity contribution in [3.63, 3.8) is 0 Å². The fraction of sp³-hybridized carbons (Fsp3) is 0.455. The summed E-state index contributed by atoms with van der Waals surface area (Å²) in [5.74, 6) is -0.506. The highest BCUT2D eigenvalue weighted by Crippen LogP contribution is 2.22. The Bertz CT molecular complexity index is 379. The fourth-order valence-corrected chi connectivity index (χ4v) is 1.57. The predicted molar refractivity (Wildman–Crippen MR) is 59.6 cm³/mol. The molecule has 0 aromatic carbocycles. The Morgan fingerprint density at radius 2 is 2.38 bits per heavy atom. The van der Waals surface area contributed by atoms with Crippen LogP contribution in [0.3, 0.4) is 0 Å². The van der Waals surface area contributed by atoms with Crippen LogP contribution in [0.1, 0.15) is 23.5 Å². The number of nitrogens with zero attached hydrogens (tertiary/aromatic N) is 1. The first-order valence-corrected chi connectivity index (χ1v) is 5.00. The molecule has 1 atom stereocenters. The van der Waals surface area contributed by atoms with Crippen molar-refractivity contribution in [2.24, 2.45) is 5.73 Å². The number of hydrogen-bond acceptors (Lipinski definition) is 4. The molecule has 1 aromatic heterocycles. The van der Waals surface area contributed by atoms with E-state index in [9.17, 15) is 4.79 Å². The molecule has 0 aliphatic heterocycles. The van der Waals surface area contributed by atoms with E-state index in [4.69, 9.17) is 15.6 Å². The van der Waals surface area contributed by atoms with Gasteiger partial charge in [-0.15, -0.1) is 0 Å². The van der Waals surface area contributed by atoms with E-state index in [1.807, 2.05) is 13.0 Å². The van der Waals surface area contributed by atoms with Crippen LogP contribution in [0.25, 0.3) is 0 Å². The van der Waals surface area contributed by atoms with Gasteiger partial charge < -0.3 is 15.6 Å². The highest BCUT2D eigenvalue weighted by molar-refractivity contribution is 5.68. The maximum absolute atomic E-state index is 10.6. The Kier molecular flexibility index (Phi) is 4.25. The molecule has 3 N–H and O–H groups in total. The number of carboxylic acids is 1. The normalized spacial score (nSPS) is 12.2. The van der Waals surface area contributed by atoms with Crippen molar-refractivity contribution < 1.29 is 14.6 Å². The van der Waals surface area contributed by atoms with Gasteiger partial charge in [0.25, 0.3) is 0 Å². The topological polar surface area (TPSA) is 85.4 Å². The van der Waals surface area contributed by atoms with Gasteiger partial charge in [0.15, 0.2) is 0 Å². The number of hydrogen-bond donors (Lipinski definition) is 2. The molecule has 5 heteroatoms. The molecule has 16 heavy (non-hydrogen) atoms. The van der Waals surface area contributed by atoms with Gasteiger partial charge in [-0.3, -0.25) is 4.79 Å². The molecule has 5 nitrogen and oxygen atoms in total. The first kappa shape index (κ1) is 12.4. The predicted octanol–water partition coefficient (Wildman–Crippen LogP) is 0.916. The number of nitrogens with two attached hydrogens (primary N) is 1. The summed E-state index contributed by atoms with van der Waals surface area (Å²) in [5.41, 5.74) is 7.27.